The van der Waals surface area contributed by atoms with Crippen LogP contribution in [0.5, 0.6) is 0 Å². The Morgan fingerprint density at radius 3 is 2.45 bits per heavy atom. The quantitative estimate of drug-likeness (QED) is 0.457. The molecule has 0 aliphatic rings. The second-order valence-electron chi connectivity index (χ2n) is 5.10. The van der Waals surface area contributed by atoms with Gasteiger partial charge in [-0.2, -0.15) is 11.8 Å². The van der Waals surface area contributed by atoms with Crippen LogP contribution in [0.1, 0.15) is 22.3 Å². The second-order valence-corrected chi connectivity index (χ2v) is 6.08. The highest BCUT2D eigenvalue weighted by Gasteiger charge is 2.07. The largest absolute Gasteiger partial charge is 0.356 e. The number of hydrogen-bond acceptors (Lipinski definition) is 3. The van der Waals surface area contributed by atoms with Crippen LogP contribution >= 0.6 is 11.8 Å². The fourth-order valence-corrected chi connectivity index (χ4v) is 2.29. The Balaban J connectivity index is 2.45. The zero-order valence-corrected chi connectivity index (χ0v) is 14.7. The van der Waals surface area contributed by atoms with Crippen molar-refractivity contribution in [3.63, 3.8) is 0 Å². The van der Waals surface area contributed by atoms with Gasteiger partial charge >= 0.3 is 0 Å². The van der Waals surface area contributed by atoms with Gasteiger partial charge in [0, 0.05) is 39.8 Å². The normalized spacial score (nSPS) is 11.2. The molecule has 0 atom stereocenters. The van der Waals surface area contributed by atoms with Gasteiger partial charge in [0.05, 0.1) is 0 Å². The Bertz CT molecular complexity index is 485. The number of carbonyl (C=O) groups is 1. The number of benzene rings is 1. The van der Waals surface area contributed by atoms with Gasteiger partial charge in [-0.25, -0.2) is 0 Å². The molecule has 1 rings (SSSR count). The molecular formula is C16H26N4OS. The molecule has 5 nitrogen and oxygen atoms in total. The van der Waals surface area contributed by atoms with E-state index in [1.54, 1.807) is 26.0 Å². The molecule has 6 heteroatoms. The van der Waals surface area contributed by atoms with Crippen molar-refractivity contribution >= 4 is 23.6 Å². The molecule has 0 saturated carbocycles. The predicted molar refractivity (Wildman–Crippen MR) is 95.7 cm³/mol. The van der Waals surface area contributed by atoms with Gasteiger partial charge < -0.3 is 15.5 Å². The van der Waals surface area contributed by atoms with Gasteiger partial charge in [0.2, 0.25) is 0 Å². The number of nitrogens with zero attached hydrogens (tertiary/aromatic N) is 2. The molecule has 0 radical (unpaired) electrons. The summed E-state index contributed by atoms with van der Waals surface area (Å²) in [6, 6.07) is 7.64. The molecule has 1 amide bonds. The van der Waals surface area contributed by atoms with Crippen LogP contribution in [0.15, 0.2) is 29.3 Å². The smallest absolute Gasteiger partial charge is 0.253 e. The van der Waals surface area contributed by atoms with Crippen LogP contribution in [0, 0.1) is 0 Å². The van der Waals surface area contributed by atoms with Crippen LogP contribution in [0.2, 0.25) is 0 Å². The van der Waals surface area contributed by atoms with E-state index in [9.17, 15) is 4.79 Å². The first-order valence-electron chi connectivity index (χ1n) is 7.32. The van der Waals surface area contributed by atoms with E-state index in [4.69, 9.17) is 0 Å². The summed E-state index contributed by atoms with van der Waals surface area (Å²) in [5, 5.41) is 6.55. The minimum absolute atomic E-state index is 0.0192. The van der Waals surface area contributed by atoms with E-state index in [0.717, 1.165) is 30.2 Å². The standard InChI is InChI=1S/C16H26N4OS/c1-17-16(18-10-5-11-22-4)19-12-13-6-8-14(9-7-13)15(21)20(2)3/h6-9H,5,10-12H2,1-4H3,(H2,17,18,19). The van der Waals surface area contributed by atoms with Crippen molar-refractivity contribution in [2.75, 3.05) is 39.7 Å². The summed E-state index contributed by atoms with van der Waals surface area (Å²) >= 11 is 1.85. The first-order valence-corrected chi connectivity index (χ1v) is 8.72. The van der Waals surface area contributed by atoms with Crippen LogP contribution in [-0.2, 0) is 6.54 Å². The van der Waals surface area contributed by atoms with Gasteiger partial charge in [0.1, 0.15) is 0 Å². The maximum atomic E-state index is 11.8. The van der Waals surface area contributed by atoms with E-state index in [0.29, 0.717) is 12.1 Å². The Hall–Kier alpha value is -1.69. The Labute approximate surface area is 137 Å². The van der Waals surface area contributed by atoms with Crippen molar-refractivity contribution < 1.29 is 4.79 Å². The molecule has 0 heterocycles. The van der Waals surface area contributed by atoms with Gasteiger partial charge in [-0.1, -0.05) is 12.1 Å². The van der Waals surface area contributed by atoms with E-state index in [2.05, 4.69) is 21.9 Å². The first-order chi connectivity index (χ1) is 10.6. The zero-order chi connectivity index (χ0) is 16.4. The number of guanidine groups is 1. The predicted octanol–water partition coefficient (Wildman–Crippen LogP) is 1.81. The Morgan fingerprint density at radius 2 is 1.91 bits per heavy atom. The van der Waals surface area contributed by atoms with Gasteiger partial charge in [-0.15, -0.1) is 0 Å². The van der Waals surface area contributed by atoms with Crippen molar-refractivity contribution in [1.82, 2.24) is 15.5 Å². The molecule has 1 aromatic rings. The van der Waals surface area contributed by atoms with E-state index in [1.807, 2.05) is 36.0 Å². The monoisotopic (exact) mass is 322 g/mol. The molecule has 0 fully saturated rings. The number of amides is 1. The fraction of sp³-hybridized carbons (Fsp3) is 0.500. The number of hydrogen-bond donors (Lipinski definition) is 2. The number of rotatable bonds is 7. The summed E-state index contributed by atoms with van der Waals surface area (Å²) in [5.41, 5.74) is 1.82. The van der Waals surface area contributed by atoms with E-state index >= 15 is 0 Å². The molecule has 0 unspecified atom stereocenters. The molecule has 0 bridgehead atoms. The van der Waals surface area contributed by atoms with Crippen molar-refractivity contribution in [3.8, 4) is 0 Å². The molecule has 122 valence electrons. The minimum Gasteiger partial charge on any atom is -0.356 e. The zero-order valence-electron chi connectivity index (χ0n) is 13.8. The Morgan fingerprint density at radius 1 is 1.23 bits per heavy atom. The molecule has 0 aliphatic heterocycles. The van der Waals surface area contributed by atoms with Gasteiger partial charge in [0.25, 0.3) is 5.91 Å². The lowest BCUT2D eigenvalue weighted by Crippen LogP contribution is -2.37. The first kappa shape index (κ1) is 18.4. The lowest BCUT2D eigenvalue weighted by atomic mass is 10.1. The highest BCUT2D eigenvalue weighted by atomic mass is 32.2. The average molecular weight is 322 g/mol. The van der Waals surface area contributed by atoms with E-state index in [-0.39, 0.29) is 5.91 Å². The van der Waals surface area contributed by atoms with Crippen LogP contribution in [0.25, 0.3) is 0 Å². The van der Waals surface area contributed by atoms with Crippen molar-refractivity contribution in [2.45, 2.75) is 13.0 Å². The molecule has 1 aromatic carbocycles. The number of carbonyl (C=O) groups excluding carboxylic acids is 1. The maximum absolute atomic E-state index is 11.8. The highest BCUT2D eigenvalue weighted by Crippen LogP contribution is 2.06. The third kappa shape index (κ3) is 6.39. The third-order valence-electron chi connectivity index (χ3n) is 3.11. The van der Waals surface area contributed by atoms with Gasteiger partial charge in [-0.3, -0.25) is 9.79 Å². The fourth-order valence-electron chi connectivity index (χ4n) is 1.85. The van der Waals surface area contributed by atoms with E-state index in [1.165, 1.54) is 0 Å². The summed E-state index contributed by atoms with van der Waals surface area (Å²) in [7, 11) is 5.28. The SMILES string of the molecule is CN=C(NCCCSC)NCc1ccc(C(=O)N(C)C)cc1. The van der Waals surface area contributed by atoms with Gasteiger partial charge in [-0.05, 0) is 36.1 Å². The van der Waals surface area contributed by atoms with Crippen molar-refractivity contribution in [2.24, 2.45) is 4.99 Å². The average Bonchev–Trinajstić information content (AvgIpc) is 2.54. The minimum atomic E-state index is 0.0192. The van der Waals surface area contributed by atoms with Crippen LogP contribution in [0.4, 0.5) is 0 Å². The molecule has 0 spiro atoms. The van der Waals surface area contributed by atoms with Crippen molar-refractivity contribution in [3.05, 3.63) is 35.4 Å². The highest BCUT2D eigenvalue weighted by molar-refractivity contribution is 7.98. The van der Waals surface area contributed by atoms with E-state index < -0.39 is 0 Å². The van der Waals surface area contributed by atoms with Crippen LogP contribution < -0.4 is 10.6 Å². The topological polar surface area (TPSA) is 56.7 Å². The van der Waals surface area contributed by atoms with Gasteiger partial charge in [0.15, 0.2) is 5.96 Å². The lowest BCUT2D eigenvalue weighted by molar-refractivity contribution is 0.0827. The van der Waals surface area contributed by atoms with Crippen LogP contribution in [-0.4, -0.2) is 56.5 Å². The summed E-state index contributed by atoms with van der Waals surface area (Å²) < 4.78 is 0. The number of aliphatic imine (C=N–C) groups is 1. The number of thioether (sulfide) groups is 1. The summed E-state index contributed by atoms with van der Waals surface area (Å²) in [5.74, 6) is 1.96. The third-order valence-corrected chi connectivity index (χ3v) is 3.81. The van der Waals surface area contributed by atoms with Crippen molar-refractivity contribution in [1.29, 1.82) is 0 Å². The van der Waals surface area contributed by atoms with Crippen LogP contribution in [0.3, 0.4) is 0 Å². The molecule has 22 heavy (non-hydrogen) atoms. The molecule has 0 aliphatic carbocycles. The summed E-state index contributed by atoms with van der Waals surface area (Å²) in [6.45, 7) is 1.59. The molecule has 0 aromatic heterocycles. The molecular weight excluding hydrogens is 296 g/mol. The lowest BCUT2D eigenvalue weighted by Gasteiger charge is -2.13. The molecule has 2 N–H and O–H groups in total. The second kappa shape index (κ2) is 10.1. The number of nitrogens with one attached hydrogen (secondary N) is 2. The summed E-state index contributed by atoms with van der Waals surface area (Å²) in [4.78, 5) is 17.6. The maximum Gasteiger partial charge on any atom is 0.253 e. The molecule has 0 saturated heterocycles. The summed E-state index contributed by atoms with van der Waals surface area (Å²) in [6.07, 6.45) is 3.22. The Kier molecular flexibility index (Phi) is 8.43.